The van der Waals surface area contributed by atoms with E-state index in [9.17, 15) is 9.59 Å². The lowest BCUT2D eigenvalue weighted by atomic mass is 9.80. The van der Waals surface area contributed by atoms with Crippen LogP contribution in [0.5, 0.6) is 0 Å². The summed E-state index contributed by atoms with van der Waals surface area (Å²) in [4.78, 5) is 26.0. The molecule has 0 spiro atoms. The zero-order chi connectivity index (χ0) is 17.6. The van der Waals surface area contributed by atoms with Crippen molar-refractivity contribution in [3.63, 3.8) is 0 Å². The smallest absolute Gasteiger partial charge is 0.407 e. The Kier molecular flexibility index (Phi) is 3.83. The van der Waals surface area contributed by atoms with Crippen molar-refractivity contribution in [1.82, 2.24) is 20.4 Å². The number of nitrogens with zero attached hydrogens (tertiary/aromatic N) is 2. The monoisotopic (exact) mass is 362 g/mol. The van der Waals surface area contributed by atoms with Crippen molar-refractivity contribution < 1.29 is 14.3 Å². The number of nitrogens with one attached hydrogen (secondary N) is 2. The molecule has 25 heavy (non-hydrogen) atoms. The number of halogens is 1. The number of cyclic esters (lactones) is 1. The van der Waals surface area contributed by atoms with Crippen LogP contribution in [-0.2, 0) is 4.74 Å². The van der Waals surface area contributed by atoms with Gasteiger partial charge in [0, 0.05) is 23.5 Å². The second-order valence-electron chi connectivity index (χ2n) is 6.95. The molecule has 132 valence electrons. The lowest BCUT2D eigenvalue weighted by molar-refractivity contribution is 0.0619. The Labute approximate surface area is 149 Å². The van der Waals surface area contributed by atoms with E-state index in [1.54, 1.807) is 12.1 Å². The SMILES string of the molecule is CC1(C2CCN(C(=O)c3n[nH]c4ccc(Cl)cc34)CC2)COC(=O)N1. The molecule has 0 saturated carbocycles. The molecule has 0 bridgehead atoms. The number of amides is 2. The maximum absolute atomic E-state index is 12.9. The van der Waals surface area contributed by atoms with Gasteiger partial charge in [0.1, 0.15) is 6.61 Å². The summed E-state index contributed by atoms with van der Waals surface area (Å²) >= 11 is 6.04. The Hall–Kier alpha value is -2.28. The molecule has 2 aliphatic heterocycles. The van der Waals surface area contributed by atoms with E-state index in [4.69, 9.17) is 16.3 Å². The highest BCUT2D eigenvalue weighted by Crippen LogP contribution is 2.32. The Morgan fingerprint density at radius 1 is 1.40 bits per heavy atom. The second kappa shape index (κ2) is 5.91. The summed E-state index contributed by atoms with van der Waals surface area (Å²) in [6.07, 6.45) is 1.27. The molecule has 3 heterocycles. The standard InChI is InChI=1S/C17H19ClN4O3/c1-17(9-25-16(24)19-17)10-4-6-22(7-5-10)15(23)14-12-8-11(18)2-3-13(12)20-21-14/h2-3,8,10H,4-7,9H2,1H3,(H,19,24)(H,20,21). The molecule has 4 rings (SSSR count). The van der Waals surface area contributed by atoms with Crippen LogP contribution in [0.3, 0.4) is 0 Å². The van der Waals surface area contributed by atoms with Crippen LogP contribution in [0.25, 0.3) is 10.9 Å². The van der Waals surface area contributed by atoms with Gasteiger partial charge in [0.2, 0.25) is 0 Å². The van der Waals surface area contributed by atoms with Crippen molar-refractivity contribution in [2.45, 2.75) is 25.3 Å². The summed E-state index contributed by atoms with van der Waals surface area (Å²) in [6.45, 7) is 3.64. The van der Waals surface area contributed by atoms with Gasteiger partial charge in [-0.3, -0.25) is 9.89 Å². The van der Waals surface area contributed by atoms with E-state index in [0.29, 0.717) is 30.4 Å². The highest BCUT2D eigenvalue weighted by molar-refractivity contribution is 6.31. The number of piperidine rings is 1. The molecule has 1 aromatic heterocycles. The lowest BCUT2D eigenvalue weighted by Gasteiger charge is -2.38. The minimum absolute atomic E-state index is 0.0937. The molecule has 7 nitrogen and oxygen atoms in total. The molecule has 1 atom stereocenters. The zero-order valence-corrected chi connectivity index (χ0v) is 14.6. The Morgan fingerprint density at radius 2 is 2.16 bits per heavy atom. The molecule has 0 aliphatic carbocycles. The fourth-order valence-electron chi connectivity index (χ4n) is 3.76. The number of fused-ring (bicyclic) bond motifs is 1. The number of hydrogen-bond acceptors (Lipinski definition) is 4. The largest absolute Gasteiger partial charge is 0.447 e. The summed E-state index contributed by atoms with van der Waals surface area (Å²) in [5.74, 6) is 0.192. The van der Waals surface area contributed by atoms with Crippen LogP contribution in [0, 0.1) is 5.92 Å². The summed E-state index contributed by atoms with van der Waals surface area (Å²) in [7, 11) is 0. The van der Waals surface area contributed by atoms with Crippen LogP contribution in [-0.4, -0.2) is 52.3 Å². The Bertz CT molecular complexity index is 844. The van der Waals surface area contributed by atoms with Gasteiger partial charge in [-0.2, -0.15) is 5.10 Å². The van der Waals surface area contributed by atoms with Crippen LogP contribution in [0.1, 0.15) is 30.3 Å². The van der Waals surface area contributed by atoms with Crippen LogP contribution in [0.15, 0.2) is 18.2 Å². The molecule has 2 aromatic rings. The fraction of sp³-hybridized carbons (Fsp3) is 0.471. The predicted molar refractivity (Wildman–Crippen MR) is 92.6 cm³/mol. The molecule has 1 unspecified atom stereocenters. The van der Waals surface area contributed by atoms with Crippen LogP contribution in [0.2, 0.25) is 5.02 Å². The van der Waals surface area contributed by atoms with E-state index < -0.39 is 0 Å². The molecule has 2 aliphatic rings. The van der Waals surface area contributed by atoms with Gasteiger partial charge in [0.05, 0.1) is 11.1 Å². The van der Waals surface area contributed by atoms with Gasteiger partial charge in [-0.15, -0.1) is 0 Å². The van der Waals surface area contributed by atoms with Crippen LogP contribution < -0.4 is 5.32 Å². The maximum atomic E-state index is 12.9. The molecule has 2 N–H and O–H groups in total. The molecule has 2 fully saturated rings. The third kappa shape index (κ3) is 2.82. The summed E-state index contributed by atoms with van der Waals surface area (Å²) in [6, 6.07) is 5.34. The summed E-state index contributed by atoms with van der Waals surface area (Å²) in [5, 5.41) is 11.3. The van der Waals surface area contributed by atoms with Crippen molar-refractivity contribution in [3.05, 3.63) is 28.9 Å². The lowest BCUT2D eigenvalue weighted by Crippen LogP contribution is -2.52. The van der Waals surface area contributed by atoms with Gasteiger partial charge in [-0.1, -0.05) is 11.6 Å². The Balaban J connectivity index is 1.48. The number of aromatic nitrogens is 2. The zero-order valence-electron chi connectivity index (χ0n) is 13.8. The van der Waals surface area contributed by atoms with Gasteiger partial charge < -0.3 is 15.0 Å². The van der Waals surface area contributed by atoms with Crippen LogP contribution in [0.4, 0.5) is 4.79 Å². The topological polar surface area (TPSA) is 87.3 Å². The number of likely N-dealkylation sites (tertiary alicyclic amines) is 1. The molecule has 1 aromatic carbocycles. The van der Waals surface area contributed by atoms with Crippen molar-refractivity contribution in [2.75, 3.05) is 19.7 Å². The number of ether oxygens (including phenoxy) is 1. The minimum Gasteiger partial charge on any atom is -0.447 e. The van der Waals surface area contributed by atoms with Crippen molar-refractivity contribution in [3.8, 4) is 0 Å². The van der Waals surface area contributed by atoms with E-state index in [-0.39, 0.29) is 23.5 Å². The number of benzene rings is 1. The molecular weight excluding hydrogens is 344 g/mol. The van der Waals surface area contributed by atoms with E-state index in [1.807, 2.05) is 17.9 Å². The first-order chi connectivity index (χ1) is 12.0. The van der Waals surface area contributed by atoms with Crippen molar-refractivity contribution in [1.29, 1.82) is 0 Å². The molecule has 0 radical (unpaired) electrons. The highest BCUT2D eigenvalue weighted by atomic mass is 35.5. The number of rotatable bonds is 2. The predicted octanol–water partition coefficient (Wildman–Crippen LogP) is 2.57. The van der Waals surface area contributed by atoms with Crippen molar-refractivity contribution >= 4 is 34.5 Å². The third-order valence-electron chi connectivity index (χ3n) is 5.30. The molecule has 8 heteroatoms. The number of aromatic amines is 1. The molecular formula is C17H19ClN4O3. The van der Waals surface area contributed by atoms with Crippen LogP contribution >= 0.6 is 11.6 Å². The first kappa shape index (κ1) is 16.2. The minimum atomic E-state index is -0.360. The van der Waals surface area contributed by atoms with Gasteiger partial charge in [0.25, 0.3) is 5.91 Å². The van der Waals surface area contributed by atoms with E-state index in [2.05, 4.69) is 15.5 Å². The number of hydrogen-bond donors (Lipinski definition) is 2. The molecule has 2 amide bonds. The van der Waals surface area contributed by atoms with E-state index in [0.717, 1.165) is 23.7 Å². The normalized spacial score (nSPS) is 24.4. The number of H-pyrrole nitrogens is 1. The average Bonchev–Trinajstić information content (AvgIpc) is 3.18. The number of carbonyl (C=O) groups excluding carboxylic acids is 2. The number of alkyl carbamates (subject to hydrolysis) is 1. The second-order valence-corrected chi connectivity index (χ2v) is 7.38. The maximum Gasteiger partial charge on any atom is 0.407 e. The average molecular weight is 363 g/mol. The van der Waals surface area contributed by atoms with E-state index >= 15 is 0 Å². The van der Waals surface area contributed by atoms with Gasteiger partial charge in [-0.25, -0.2) is 4.79 Å². The summed E-state index contributed by atoms with van der Waals surface area (Å²) in [5.41, 5.74) is 0.847. The van der Waals surface area contributed by atoms with Gasteiger partial charge in [-0.05, 0) is 43.9 Å². The molecule has 2 saturated heterocycles. The first-order valence-electron chi connectivity index (χ1n) is 8.34. The highest BCUT2D eigenvalue weighted by Gasteiger charge is 2.43. The Morgan fingerprint density at radius 3 is 2.84 bits per heavy atom. The van der Waals surface area contributed by atoms with E-state index in [1.165, 1.54) is 0 Å². The van der Waals surface area contributed by atoms with Gasteiger partial charge in [0.15, 0.2) is 5.69 Å². The quantitative estimate of drug-likeness (QED) is 0.859. The fourth-order valence-corrected chi connectivity index (χ4v) is 3.93. The van der Waals surface area contributed by atoms with Crippen molar-refractivity contribution in [2.24, 2.45) is 5.92 Å². The third-order valence-corrected chi connectivity index (χ3v) is 5.54. The summed E-state index contributed by atoms with van der Waals surface area (Å²) < 4.78 is 5.06. The number of carbonyl (C=O) groups is 2. The van der Waals surface area contributed by atoms with Gasteiger partial charge >= 0.3 is 6.09 Å². The first-order valence-corrected chi connectivity index (χ1v) is 8.72.